The van der Waals surface area contributed by atoms with Crippen molar-refractivity contribution in [3.63, 3.8) is 0 Å². The second kappa shape index (κ2) is 2.35. The molecule has 2 aliphatic heterocycles. The van der Waals surface area contributed by atoms with Crippen molar-refractivity contribution in [3.8, 4) is 0 Å². The summed E-state index contributed by atoms with van der Waals surface area (Å²) >= 11 is 0. The summed E-state index contributed by atoms with van der Waals surface area (Å²) in [5.74, 6) is -0.934. The van der Waals surface area contributed by atoms with Gasteiger partial charge in [-0.2, -0.15) is 0 Å². The zero-order valence-electron chi connectivity index (χ0n) is 7.41. The van der Waals surface area contributed by atoms with Crippen LogP contribution >= 0.6 is 0 Å². The number of fused-ring (bicyclic) bond motifs is 1. The number of hydrogen-bond acceptors (Lipinski definition) is 3. The maximum Gasteiger partial charge on any atom is 0.296 e. The molecule has 0 unspecified atom stereocenters. The summed E-state index contributed by atoms with van der Waals surface area (Å²) in [6.07, 6.45) is 0. The quantitative estimate of drug-likeness (QED) is 0.519. The lowest BCUT2D eigenvalue weighted by atomic mass is 10.1. The second-order valence-corrected chi connectivity index (χ2v) is 3.47. The summed E-state index contributed by atoms with van der Waals surface area (Å²) < 4.78 is 0. The molecule has 1 aromatic rings. The zero-order chi connectivity index (χ0) is 9.71. The number of amides is 1. The van der Waals surface area contributed by atoms with Crippen LogP contribution in [0.5, 0.6) is 0 Å². The largest absolute Gasteiger partial charge is 0.367 e. The minimum absolute atomic E-state index is 0.414. The molecule has 2 aliphatic rings. The van der Waals surface area contributed by atoms with Gasteiger partial charge < -0.3 is 10.2 Å². The van der Waals surface area contributed by atoms with E-state index in [9.17, 15) is 9.59 Å². The number of rotatable bonds is 1. The van der Waals surface area contributed by atoms with E-state index in [1.54, 1.807) is 6.07 Å². The molecule has 0 spiro atoms. The highest BCUT2D eigenvalue weighted by molar-refractivity contribution is 6.52. The average molecular weight is 188 g/mol. The van der Waals surface area contributed by atoms with Gasteiger partial charge in [-0.15, -0.1) is 0 Å². The van der Waals surface area contributed by atoms with Gasteiger partial charge >= 0.3 is 0 Å². The van der Waals surface area contributed by atoms with Crippen LogP contribution in [0.1, 0.15) is 10.4 Å². The highest BCUT2D eigenvalue weighted by Gasteiger charge is 2.34. The first-order valence-electron chi connectivity index (χ1n) is 4.51. The van der Waals surface area contributed by atoms with Gasteiger partial charge in [0.05, 0.1) is 16.9 Å². The Kier molecular flexibility index (Phi) is 1.27. The molecule has 0 saturated carbocycles. The number of hydrogen-bond donors (Lipinski definition) is 1. The number of nitrogens with zero attached hydrogens (tertiary/aromatic N) is 1. The Labute approximate surface area is 80.5 Å². The Balaban J connectivity index is 2.21. The van der Waals surface area contributed by atoms with Gasteiger partial charge in [0, 0.05) is 13.1 Å². The van der Waals surface area contributed by atoms with Crippen molar-refractivity contribution in [2.24, 2.45) is 0 Å². The van der Waals surface area contributed by atoms with E-state index in [0.29, 0.717) is 11.3 Å². The van der Waals surface area contributed by atoms with Crippen LogP contribution in [0, 0.1) is 0 Å². The molecule has 3 rings (SSSR count). The number of carbonyl (C=O) groups excluding carboxylic acids is 2. The Hall–Kier alpha value is -1.84. The number of benzene rings is 1. The number of carbonyl (C=O) groups is 2. The molecule has 1 N–H and O–H groups in total. The lowest BCUT2D eigenvalue weighted by Gasteiger charge is -2.06. The van der Waals surface area contributed by atoms with Crippen LogP contribution in [-0.4, -0.2) is 24.8 Å². The van der Waals surface area contributed by atoms with Gasteiger partial charge in [-0.25, -0.2) is 0 Å². The summed E-state index contributed by atoms with van der Waals surface area (Å²) in [5, 5.41) is 2.56. The first kappa shape index (κ1) is 7.55. The van der Waals surface area contributed by atoms with Crippen LogP contribution < -0.4 is 10.2 Å². The summed E-state index contributed by atoms with van der Waals surface area (Å²) in [5.41, 5.74) is 2.06. The first-order valence-corrected chi connectivity index (χ1v) is 4.51. The van der Waals surface area contributed by atoms with Crippen molar-refractivity contribution < 1.29 is 9.59 Å². The number of anilines is 2. The molecule has 1 saturated heterocycles. The average Bonchev–Trinajstić information content (AvgIpc) is 2.96. The molecule has 2 heterocycles. The van der Waals surface area contributed by atoms with Gasteiger partial charge in [0.2, 0.25) is 0 Å². The number of Topliss-reactive ketones (excluding diaryl/α,β-unsaturated/α-hetero) is 1. The van der Waals surface area contributed by atoms with Crippen molar-refractivity contribution in [1.29, 1.82) is 0 Å². The molecule has 14 heavy (non-hydrogen) atoms. The molecular weight excluding hydrogens is 180 g/mol. The SMILES string of the molecule is O=C1Nc2cccc(N3CC3)c2C1=O. The molecular formula is C10H8N2O2. The number of ketones is 1. The highest BCUT2D eigenvalue weighted by Crippen LogP contribution is 2.34. The second-order valence-electron chi connectivity index (χ2n) is 3.47. The highest BCUT2D eigenvalue weighted by atomic mass is 16.2. The van der Waals surface area contributed by atoms with Crippen LogP contribution in [0.3, 0.4) is 0 Å². The Morgan fingerprint density at radius 3 is 2.71 bits per heavy atom. The summed E-state index contributed by atoms with van der Waals surface area (Å²) in [7, 11) is 0. The molecule has 4 nitrogen and oxygen atoms in total. The Bertz CT molecular complexity index is 449. The van der Waals surface area contributed by atoms with Gasteiger partial charge in [-0.1, -0.05) is 6.07 Å². The molecule has 0 radical (unpaired) electrons. The van der Waals surface area contributed by atoms with E-state index in [1.807, 2.05) is 12.1 Å². The van der Waals surface area contributed by atoms with Gasteiger partial charge in [-0.3, -0.25) is 9.59 Å². The third kappa shape index (κ3) is 0.878. The van der Waals surface area contributed by atoms with E-state index in [0.717, 1.165) is 18.8 Å². The van der Waals surface area contributed by atoms with E-state index < -0.39 is 11.7 Å². The molecule has 0 aliphatic carbocycles. The smallest absolute Gasteiger partial charge is 0.296 e. The van der Waals surface area contributed by atoms with E-state index in [1.165, 1.54) is 0 Å². The fraction of sp³-hybridized carbons (Fsp3) is 0.200. The van der Waals surface area contributed by atoms with Crippen LogP contribution in [0.2, 0.25) is 0 Å². The minimum atomic E-state index is -0.519. The summed E-state index contributed by atoms with van der Waals surface area (Å²) in [6.45, 7) is 1.94. The van der Waals surface area contributed by atoms with E-state index in [-0.39, 0.29) is 0 Å². The van der Waals surface area contributed by atoms with Crippen LogP contribution in [-0.2, 0) is 4.79 Å². The number of nitrogens with one attached hydrogen (secondary N) is 1. The van der Waals surface area contributed by atoms with Gasteiger partial charge in [0.25, 0.3) is 11.7 Å². The van der Waals surface area contributed by atoms with Crippen molar-refractivity contribution in [2.45, 2.75) is 0 Å². The van der Waals surface area contributed by atoms with E-state index >= 15 is 0 Å². The van der Waals surface area contributed by atoms with Crippen LogP contribution in [0.25, 0.3) is 0 Å². The predicted molar refractivity (Wildman–Crippen MR) is 51.6 cm³/mol. The normalized spacial score (nSPS) is 18.1. The lowest BCUT2D eigenvalue weighted by molar-refractivity contribution is -0.112. The van der Waals surface area contributed by atoms with E-state index in [4.69, 9.17) is 0 Å². The fourth-order valence-corrected chi connectivity index (χ4v) is 1.73. The summed E-state index contributed by atoms with van der Waals surface area (Å²) in [4.78, 5) is 24.7. The molecule has 1 aromatic carbocycles. The maximum absolute atomic E-state index is 11.5. The minimum Gasteiger partial charge on any atom is -0.367 e. The molecule has 0 atom stereocenters. The summed E-state index contributed by atoms with van der Waals surface area (Å²) in [6, 6.07) is 5.49. The van der Waals surface area contributed by atoms with Gasteiger partial charge in [0.15, 0.2) is 0 Å². The van der Waals surface area contributed by atoms with Crippen molar-refractivity contribution in [3.05, 3.63) is 23.8 Å². The molecule has 70 valence electrons. The molecule has 0 aromatic heterocycles. The van der Waals surface area contributed by atoms with Gasteiger partial charge in [-0.05, 0) is 12.1 Å². The third-order valence-corrected chi connectivity index (χ3v) is 2.51. The van der Waals surface area contributed by atoms with Crippen molar-refractivity contribution >= 4 is 23.1 Å². The molecule has 4 heteroatoms. The van der Waals surface area contributed by atoms with Crippen molar-refractivity contribution in [2.75, 3.05) is 23.3 Å². The zero-order valence-corrected chi connectivity index (χ0v) is 7.41. The predicted octanol–water partition coefficient (Wildman–Crippen LogP) is 0.641. The maximum atomic E-state index is 11.5. The standard InChI is InChI=1S/C10H8N2O2/c13-9-8-6(11-10(9)14)2-1-3-7(8)12-4-5-12/h1-3H,4-5H2,(H,11,13,14). The fourth-order valence-electron chi connectivity index (χ4n) is 1.73. The van der Waals surface area contributed by atoms with Crippen molar-refractivity contribution in [1.82, 2.24) is 0 Å². The lowest BCUT2D eigenvalue weighted by Crippen LogP contribution is -2.13. The molecule has 0 bridgehead atoms. The Morgan fingerprint density at radius 1 is 1.21 bits per heavy atom. The van der Waals surface area contributed by atoms with Gasteiger partial charge in [0.1, 0.15) is 0 Å². The van der Waals surface area contributed by atoms with E-state index in [2.05, 4.69) is 10.2 Å². The van der Waals surface area contributed by atoms with Crippen LogP contribution in [0.4, 0.5) is 11.4 Å². The first-order chi connectivity index (χ1) is 6.77. The monoisotopic (exact) mass is 188 g/mol. The van der Waals surface area contributed by atoms with Crippen LogP contribution in [0.15, 0.2) is 18.2 Å². The third-order valence-electron chi connectivity index (χ3n) is 2.51. The molecule has 1 amide bonds. The Morgan fingerprint density at radius 2 is 2.00 bits per heavy atom. The molecule has 1 fully saturated rings. The topological polar surface area (TPSA) is 49.2 Å².